The minimum absolute atomic E-state index is 0.0199. The van der Waals surface area contributed by atoms with E-state index in [0.717, 1.165) is 12.8 Å². The Hall–Kier alpha value is -1.34. The van der Waals surface area contributed by atoms with Crippen LogP contribution in [-0.2, 0) is 4.79 Å². The normalized spacial score (nSPS) is 21.3. The first kappa shape index (κ1) is 15.7. The number of piperidine rings is 1. The lowest BCUT2D eigenvalue weighted by Gasteiger charge is -2.36. The monoisotopic (exact) mass is 273 g/mol. The van der Waals surface area contributed by atoms with E-state index in [1.165, 1.54) is 0 Å². The van der Waals surface area contributed by atoms with E-state index in [2.05, 4.69) is 10.2 Å². The molecule has 0 aliphatic carbocycles. The molecule has 2 amide bonds. The van der Waals surface area contributed by atoms with Crippen LogP contribution in [0.3, 0.4) is 0 Å². The van der Waals surface area contributed by atoms with Gasteiger partial charge in [0.25, 0.3) is 0 Å². The maximum absolute atomic E-state index is 12.0. The molecule has 1 aliphatic rings. The second-order valence-electron chi connectivity index (χ2n) is 5.06. The zero-order chi connectivity index (χ0) is 14.4. The van der Waals surface area contributed by atoms with Crippen molar-refractivity contribution in [2.24, 2.45) is 0 Å². The summed E-state index contributed by atoms with van der Waals surface area (Å²) in [5, 5.41) is 20.2. The number of hydrogen-bond acceptors (Lipinski definition) is 4. The number of carboxylic acid groups (broad SMARTS) is 1. The van der Waals surface area contributed by atoms with Gasteiger partial charge in [-0.25, -0.2) is 9.59 Å². The number of amides is 2. The van der Waals surface area contributed by atoms with E-state index < -0.39 is 12.0 Å². The van der Waals surface area contributed by atoms with Gasteiger partial charge in [-0.05, 0) is 26.9 Å². The molecule has 1 rings (SSSR count). The summed E-state index contributed by atoms with van der Waals surface area (Å²) >= 11 is 0. The van der Waals surface area contributed by atoms with E-state index in [1.54, 1.807) is 4.90 Å². The highest BCUT2D eigenvalue weighted by Crippen LogP contribution is 2.13. The third-order valence-electron chi connectivity index (χ3n) is 3.43. The van der Waals surface area contributed by atoms with Crippen LogP contribution in [0.5, 0.6) is 0 Å². The number of aliphatic hydroxyl groups excluding tert-OH is 1. The zero-order valence-corrected chi connectivity index (χ0v) is 11.5. The van der Waals surface area contributed by atoms with Crippen molar-refractivity contribution < 1.29 is 19.8 Å². The van der Waals surface area contributed by atoms with Gasteiger partial charge in [-0.15, -0.1) is 0 Å². The first-order valence-electron chi connectivity index (χ1n) is 6.51. The van der Waals surface area contributed by atoms with Crippen molar-refractivity contribution in [2.75, 3.05) is 33.8 Å². The number of aliphatic carboxylic acids is 1. The fourth-order valence-corrected chi connectivity index (χ4v) is 2.19. The molecule has 7 heteroatoms. The topological polar surface area (TPSA) is 93.1 Å². The van der Waals surface area contributed by atoms with Crippen molar-refractivity contribution in [1.82, 2.24) is 15.1 Å². The number of urea groups is 1. The largest absolute Gasteiger partial charge is 0.480 e. The van der Waals surface area contributed by atoms with Crippen molar-refractivity contribution in [3.8, 4) is 0 Å². The summed E-state index contributed by atoms with van der Waals surface area (Å²) in [5.74, 6) is -1.12. The number of rotatable bonds is 5. The molecule has 0 radical (unpaired) electrons. The van der Waals surface area contributed by atoms with Gasteiger partial charge in [0.15, 0.2) is 0 Å². The van der Waals surface area contributed by atoms with Crippen molar-refractivity contribution >= 4 is 12.0 Å². The van der Waals surface area contributed by atoms with E-state index >= 15 is 0 Å². The van der Waals surface area contributed by atoms with Gasteiger partial charge in [-0.1, -0.05) is 0 Å². The minimum Gasteiger partial charge on any atom is -0.480 e. The SMILES string of the molecule is CN(C)C1CCCN(C(=O)N[C@@H](CCO)C(=O)O)C1. The summed E-state index contributed by atoms with van der Waals surface area (Å²) in [4.78, 5) is 26.6. The highest BCUT2D eigenvalue weighted by atomic mass is 16.4. The average molecular weight is 273 g/mol. The fourth-order valence-electron chi connectivity index (χ4n) is 2.19. The Kier molecular flexibility index (Phi) is 6.04. The van der Waals surface area contributed by atoms with Crippen molar-refractivity contribution in [2.45, 2.75) is 31.3 Å². The summed E-state index contributed by atoms with van der Waals surface area (Å²) in [7, 11) is 3.94. The average Bonchev–Trinajstić information content (AvgIpc) is 2.38. The molecule has 1 fully saturated rings. The third-order valence-corrected chi connectivity index (χ3v) is 3.43. The summed E-state index contributed by atoms with van der Waals surface area (Å²) in [6.45, 7) is 0.976. The number of carboxylic acids is 1. The summed E-state index contributed by atoms with van der Waals surface area (Å²) in [5.41, 5.74) is 0. The standard InChI is InChI=1S/C12H23N3O4/c1-14(2)9-4-3-6-15(8-9)12(19)13-10(5-7-16)11(17)18/h9-10,16H,3-8H2,1-2H3,(H,13,19)(H,17,18)/t9?,10-/m0/s1. The molecule has 1 saturated heterocycles. The predicted octanol–water partition coefficient (Wildman–Crippen LogP) is -0.442. The first-order valence-corrected chi connectivity index (χ1v) is 6.51. The van der Waals surface area contributed by atoms with E-state index in [1.807, 2.05) is 14.1 Å². The summed E-state index contributed by atoms with van der Waals surface area (Å²) in [6.07, 6.45) is 1.97. The van der Waals surface area contributed by atoms with Crippen LogP contribution in [-0.4, -0.2) is 77.9 Å². The molecule has 0 spiro atoms. The van der Waals surface area contributed by atoms with Crippen molar-refractivity contribution in [1.29, 1.82) is 0 Å². The Bertz CT molecular complexity index is 322. The molecular weight excluding hydrogens is 250 g/mol. The second-order valence-corrected chi connectivity index (χ2v) is 5.06. The van der Waals surface area contributed by atoms with Crippen molar-refractivity contribution in [3.63, 3.8) is 0 Å². The number of likely N-dealkylation sites (tertiary alicyclic amines) is 1. The molecule has 1 heterocycles. The predicted molar refractivity (Wildman–Crippen MR) is 69.9 cm³/mol. The molecule has 1 unspecified atom stereocenters. The molecule has 0 bridgehead atoms. The smallest absolute Gasteiger partial charge is 0.326 e. The van der Waals surface area contributed by atoms with Gasteiger partial charge in [0, 0.05) is 32.2 Å². The highest BCUT2D eigenvalue weighted by Gasteiger charge is 2.27. The van der Waals surface area contributed by atoms with Gasteiger partial charge in [0.05, 0.1) is 0 Å². The van der Waals surface area contributed by atoms with Gasteiger partial charge in [0.2, 0.25) is 0 Å². The van der Waals surface area contributed by atoms with Gasteiger partial charge in [-0.2, -0.15) is 0 Å². The van der Waals surface area contributed by atoms with Gasteiger partial charge < -0.3 is 25.3 Å². The van der Waals surface area contributed by atoms with Crippen LogP contribution in [0.25, 0.3) is 0 Å². The molecular formula is C12H23N3O4. The number of hydrogen-bond donors (Lipinski definition) is 3. The molecule has 110 valence electrons. The summed E-state index contributed by atoms with van der Waals surface area (Å²) in [6, 6.07) is -1.09. The Morgan fingerprint density at radius 1 is 1.47 bits per heavy atom. The molecule has 19 heavy (non-hydrogen) atoms. The molecule has 2 atom stereocenters. The number of nitrogens with zero attached hydrogens (tertiary/aromatic N) is 2. The highest BCUT2D eigenvalue weighted by molar-refractivity contribution is 5.82. The molecule has 0 aromatic rings. The summed E-state index contributed by atoms with van der Waals surface area (Å²) < 4.78 is 0. The Labute approximate surface area is 113 Å². The van der Waals surface area contributed by atoms with Crippen LogP contribution in [0.2, 0.25) is 0 Å². The van der Waals surface area contributed by atoms with Gasteiger partial charge >= 0.3 is 12.0 Å². The third kappa shape index (κ3) is 4.68. The van der Waals surface area contributed by atoms with E-state index in [0.29, 0.717) is 19.1 Å². The first-order chi connectivity index (χ1) is 8.95. The maximum atomic E-state index is 12.0. The van der Waals surface area contributed by atoms with E-state index in [9.17, 15) is 9.59 Å². The Morgan fingerprint density at radius 3 is 2.68 bits per heavy atom. The van der Waals surface area contributed by atoms with Crippen LogP contribution in [0.1, 0.15) is 19.3 Å². The van der Waals surface area contributed by atoms with E-state index in [4.69, 9.17) is 10.2 Å². The van der Waals surface area contributed by atoms with Crippen LogP contribution < -0.4 is 5.32 Å². The lowest BCUT2D eigenvalue weighted by Crippen LogP contribution is -2.54. The molecule has 1 aliphatic heterocycles. The molecule has 3 N–H and O–H groups in total. The van der Waals surface area contributed by atoms with Gasteiger partial charge in [0.1, 0.15) is 6.04 Å². The van der Waals surface area contributed by atoms with E-state index in [-0.39, 0.29) is 19.1 Å². The number of likely N-dealkylation sites (N-methyl/N-ethyl adjacent to an activating group) is 1. The molecule has 0 aromatic carbocycles. The van der Waals surface area contributed by atoms with Crippen LogP contribution in [0.15, 0.2) is 0 Å². The molecule has 7 nitrogen and oxygen atoms in total. The van der Waals surface area contributed by atoms with Crippen LogP contribution in [0.4, 0.5) is 4.79 Å². The quantitative estimate of drug-likeness (QED) is 0.631. The van der Waals surface area contributed by atoms with Gasteiger partial charge in [-0.3, -0.25) is 0 Å². The second kappa shape index (κ2) is 7.30. The molecule has 0 aromatic heterocycles. The number of carbonyl (C=O) groups excluding carboxylic acids is 1. The lowest BCUT2D eigenvalue weighted by atomic mass is 10.1. The fraction of sp³-hybridized carbons (Fsp3) is 0.833. The van der Waals surface area contributed by atoms with Crippen LogP contribution in [0, 0.1) is 0 Å². The Balaban J connectivity index is 2.54. The molecule has 0 saturated carbocycles. The zero-order valence-electron chi connectivity index (χ0n) is 11.5. The Morgan fingerprint density at radius 2 is 2.16 bits per heavy atom. The maximum Gasteiger partial charge on any atom is 0.326 e. The number of aliphatic hydroxyl groups is 1. The number of nitrogens with one attached hydrogen (secondary N) is 1. The number of carbonyl (C=O) groups is 2. The van der Waals surface area contributed by atoms with Crippen molar-refractivity contribution in [3.05, 3.63) is 0 Å². The van der Waals surface area contributed by atoms with Crippen LogP contribution >= 0.6 is 0 Å². The minimum atomic E-state index is -1.12. The lowest BCUT2D eigenvalue weighted by molar-refractivity contribution is -0.139.